The van der Waals surface area contributed by atoms with Gasteiger partial charge in [0.2, 0.25) is 10.0 Å². The molecule has 0 radical (unpaired) electrons. The van der Waals surface area contributed by atoms with Gasteiger partial charge in [0, 0.05) is 38.2 Å². The highest BCUT2D eigenvalue weighted by Crippen LogP contribution is 2.43. The predicted molar refractivity (Wildman–Crippen MR) is 121 cm³/mol. The van der Waals surface area contributed by atoms with Gasteiger partial charge in [0.15, 0.2) is 5.60 Å². The molecule has 178 valence electrons. The Morgan fingerprint density at radius 1 is 1.03 bits per heavy atom. The largest absolute Gasteiger partial charge is 0.507 e. The number of hydrogen-bond donors (Lipinski definition) is 1. The van der Waals surface area contributed by atoms with Gasteiger partial charge < -0.3 is 14.7 Å². The Hall–Kier alpha value is -2.65. The summed E-state index contributed by atoms with van der Waals surface area (Å²) in [6, 6.07) is 4.75. The molecule has 0 bridgehead atoms. The molecule has 1 saturated heterocycles. The summed E-state index contributed by atoms with van der Waals surface area (Å²) in [6.07, 6.45) is 1.08. The third kappa shape index (κ3) is 3.97. The van der Waals surface area contributed by atoms with Gasteiger partial charge in [0.1, 0.15) is 17.3 Å². The summed E-state index contributed by atoms with van der Waals surface area (Å²) in [7, 11) is -3.75. The Kier molecular flexibility index (Phi) is 5.90. The number of carbonyl (C=O) groups excluding carboxylic acids is 1. The fraction of sp³-hybridized carbons (Fsp3) is 0.458. The maximum Gasteiger partial charge on any atom is 0.266 e. The van der Waals surface area contributed by atoms with Crippen LogP contribution < -0.4 is 4.74 Å². The van der Waals surface area contributed by atoms with Gasteiger partial charge >= 0.3 is 0 Å². The molecule has 2 aliphatic rings. The van der Waals surface area contributed by atoms with Crippen molar-refractivity contribution in [3.63, 3.8) is 0 Å². The van der Waals surface area contributed by atoms with Crippen LogP contribution in [0.4, 0.5) is 4.39 Å². The van der Waals surface area contributed by atoms with Gasteiger partial charge in [-0.3, -0.25) is 4.79 Å². The lowest BCUT2D eigenvalue weighted by Gasteiger charge is -2.42. The number of halogens is 1. The quantitative estimate of drug-likeness (QED) is 0.736. The molecular formula is C24H29FN2O5S. The molecule has 0 saturated carbocycles. The Labute approximate surface area is 193 Å². The van der Waals surface area contributed by atoms with Crippen LogP contribution in [0.25, 0.3) is 0 Å². The van der Waals surface area contributed by atoms with Crippen LogP contribution >= 0.6 is 0 Å². The van der Waals surface area contributed by atoms with Crippen molar-refractivity contribution in [2.24, 2.45) is 0 Å². The van der Waals surface area contributed by atoms with Crippen LogP contribution in [0.15, 0.2) is 29.2 Å². The molecule has 1 atom stereocenters. The van der Waals surface area contributed by atoms with Gasteiger partial charge in [0.05, 0.1) is 4.90 Å². The average molecular weight is 477 g/mol. The summed E-state index contributed by atoms with van der Waals surface area (Å²) in [6.45, 7) is 8.15. The number of phenolic OH excluding ortho intramolecular Hbond substituents is 1. The van der Waals surface area contributed by atoms with Crippen LogP contribution in [-0.4, -0.2) is 60.4 Å². The van der Waals surface area contributed by atoms with Crippen LogP contribution in [0.1, 0.15) is 35.6 Å². The number of rotatable bonds is 3. The number of ether oxygens (including phenoxy) is 1. The fourth-order valence-electron chi connectivity index (χ4n) is 4.62. The molecule has 1 unspecified atom stereocenters. The Morgan fingerprint density at radius 2 is 1.64 bits per heavy atom. The monoisotopic (exact) mass is 476 g/mol. The van der Waals surface area contributed by atoms with Crippen molar-refractivity contribution in [1.82, 2.24) is 9.21 Å². The smallest absolute Gasteiger partial charge is 0.266 e. The molecule has 1 N–H and O–H groups in total. The minimum absolute atomic E-state index is 0.0346. The second kappa shape index (κ2) is 8.29. The normalized spacial score (nSPS) is 21.4. The van der Waals surface area contributed by atoms with E-state index in [0.29, 0.717) is 18.6 Å². The first-order valence-corrected chi connectivity index (χ1v) is 12.5. The maximum atomic E-state index is 13.4. The van der Waals surface area contributed by atoms with Crippen molar-refractivity contribution >= 4 is 15.9 Å². The lowest BCUT2D eigenvalue weighted by atomic mass is 9.86. The highest BCUT2D eigenvalue weighted by molar-refractivity contribution is 7.89. The van der Waals surface area contributed by atoms with Gasteiger partial charge in [-0.05, 0) is 75.1 Å². The number of nitrogens with zero attached hydrogens (tertiary/aromatic N) is 2. The van der Waals surface area contributed by atoms with Crippen molar-refractivity contribution in [2.45, 2.75) is 51.0 Å². The molecule has 1 amide bonds. The van der Waals surface area contributed by atoms with E-state index in [2.05, 4.69) is 0 Å². The highest BCUT2D eigenvalue weighted by Gasteiger charge is 2.44. The molecule has 1 fully saturated rings. The summed E-state index contributed by atoms with van der Waals surface area (Å²) in [5, 5.41) is 10.4. The van der Waals surface area contributed by atoms with Gasteiger partial charge in [-0.25, -0.2) is 12.8 Å². The molecule has 2 aliphatic heterocycles. The van der Waals surface area contributed by atoms with E-state index in [-0.39, 0.29) is 42.7 Å². The molecule has 33 heavy (non-hydrogen) atoms. The number of piperazine rings is 1. The SMILES string of the molecule is Cc1c(C)c2c(c(C)c1O)CCC(C)(C(=O)N1CCN(S(=O)(=O)c3ccc(F)cc3)CC1)O2. The van der Waals surface area contributed by atoms with E-state index in [0.717, 1.165) is 34.4 Å². The van der Waals surface area contributed by atoms with Gasteiger partial charge in [-0.2, -0.15) is 4.31 Å². The molecule has 0 spiro atoms. The van der Waals surface area contributed by atoms with Crippen molar-refractivity contribution in [3.05, 3.63) is 52.3 Å². The van der Waals surface area contributed by atoms with Crippen LogP contribution in [0.2, 0.25) is 0 Å². The van der Waals surface area contributed by atoms with Crippen molar-refractivity contribution in [3.8, 4) is 11.5 Å². The number of carbonyl (C=O) groups is 1. The number of fused-ring (bicyclic) bond motifs is 1. The number of aromatic hydroxyl groups is 1. The standard InChI is InChI=1S/C24H29FN2O5S/c1-15-16(2)22-20(17(3)21(15)28)9-10-24(4,32-22)23(29)26-11-13-27(14-12-26)33(30,31)19-7-5-18(25)6-8-19/h5-8,28H,9-14H2,1-4H3. The van der Waals surface area contributed by atoms with E-state index in [4.69, 9.17) is 4.74 Å². The summed E-state index contributed by atoms with van der Waals surface area (Å²) in [4.78, 5) is 15.1. The maximum absolute atomic E-state index is 13.4. The molecule has 2 aromatic carbocycles. The summed E-state index contributed by atoms with van der Waals surface area (Å²) in [5.41, 5.74) is 2.20. The Bertz CT molecular complexity index is 1200. The first-order valence-electron chi connectivity index (χ1n) is 11.0. The minimum atomic E-state index is -3.75. The second-order valence-corrected chi connectivity index (χ2v) is 11.0. The summed E-state index contributed by atoms with van der Waals surface area (Å²) in [5.74, 6) is 0.253. The van der Waals surface area contributed by atoms with E-state index in [9.17, 15) is 22.7 Å². The zero-order valence-electron chi connectivity index (χ0n) is 19.3. The molecular weight excluding hydrogens is 447 g/mol. The van der Waals surface area contributed by atoms with Crippen molar-refractivity contribution in [2.75, 3.05) is 26.2 Å². The molecule has 2 aromatic rings. The summed E-state index contributed by atoms with van der Waals surface area (Å²) < 4.78 is 46.5. The van der Waals surface area contributed by atoms with Gasteiger partial charge in [-0.15, -0.1) is 0 Å². The fourth-order valence-corrected chi connectivity index (χ4v) is 6.04. The zero-order valence-corrected chi connectivity index (χ0v) is 20.1. The number of sulfonamides is 1. The third-order valence-electron chi connectivity index (χ3n) is 6.95. The first kappa shape index (κ1) is 23.5. The Balaban J connectivity index is 1.49. The van der Waals surface area contributed by atoms with E-state index in [1.165, 1.54) is 16.4 Å². The number of benzene rings is 2. The lowest BCUT2D eigenvalue weighted by molar-refractivity contribution is -0.149. The molecule has 4 rings (SSSR count). The summed E-state index contributed by atoms with van der Waals surface area (Å²) >= 11 is 0. The second-order valence-electron chi connectivity index (χ2n) is 9.01. The van der Waals surface area contributed by atoms with Crippen molar-refractivity contribution < 1.29 is 27.4 Å². The topological polar surface area (TPSA) is 87.2 Å². The number of hydrogen-bond acceptors (Lipinski definition) is 5. The molecule has 0 aromatic heterocycles. The van der Waals surface area contributed by atoms with Crippen molar-refractivity contribution in [1.29, 1.82) is 0 Å². The number of amides is 1. The lowest BCUT2D eigenvalue weighted by Crippen LogP contribution is -2.58. The molecule has 2 heterocycles. The minimum Gasteiger partial charge on any atom is -0.507 e. The van der Waals surface area contributed by atoms with Crippen LogP contribution in [0.3, 0.4) is 0 Å². The third-order valence-corrected chi connectivity index (χ3v) is 8.86. The van der Waals surface area contributed by atoms with Gasteiger partial charge in [-0.1, -0.05) is 0 Å². The van der Waals surface area contributed by atoms with Crippen LogP contribution in [0.5, 0.6) is 11.5 Å². The number of phenols is 1. The van der Waals surface area contributed by atoms with Crippen LogP contribution in [0, 0.1) is 26.6 Å². The van der Waals surface area contributed by atoms with E-state index in [1.807, 2.05) is 20.8 Å². The molecule has 0 aliphatic carbocycles. The highest BCUT2D eigenvalue weighted by atomic mass is 32.2. The van der Waals surface area contributed by atoms with Gasteiger partial charge in [0.25, 0.3) is 5.91 Å². The van der Waals surface area contributed by atoms with E-state index in [1.54, 1.807) is 11.8 Å². The Morgan fingerprint density at radius 3 is 2.24 bits per heavy atom. The molecule has 7 nitrogen and oxygen atoms in total. The zero-order chi connectivity index (χ0) is 24.1. The molecule has 9 heteroatoms. The predicted octanol–water partition coefficient (Wildman–Crippen LogP) is 3.07. The van der Waals surface area contributed by atoms with E-state index >= 15 is 0 Å². The average Bonchev–Trinajstić information content (AvgIpc) is 2.81. The van der Waals surface area contributed by atoms with Crippen LogP contribution in [-0.2, 0) is 21.2 Å². The van der Waals surface area contributed by atoms with E-state index < -0.39 is 21.4 Å². The first-order chi connectivity index (χ1) is 15.5.